The smallest absolute Gasteiger partial charge is 0.410 e. The molecular weight excluding hydrogens is 488 g/mol. The van der Waals surface area contributed by atoms with Crippen LogP contribution >= 0.6 is 0 Å². The van der Waals surface area contributed by atoms with E-state index in [1.807, 2.05) is 60.7 Å². The van der Waals surface area contributed by atoms with Gasteiger partial charge in [0.15, 0.2) is 0 Å². The van der Waals surface area contributed by atoms with Gasteiger partial charge in [0.25, 0.3) is 0 Å². The van der Waals surface area contributed by atoms with Crippen molar-refractivity contribution in [2.75, 3.05) is 39.5 Å². The van der Waals surface area contributed by atoms with Crippen molar-refractivity contribution < 1.29 is 33.6 Å². The average Bonchev–Trinajstić information content (AvgIpc) is 3.65. The van der Waals surface area contributed by atoms with Gasteiger partial charge in [-0.3, -0.25) is 0 Å². The zero-order valence-electron chi connectivity index (χ0n) is 21.8. The Morgan fingerprint density at radius 1 is 0.763 bits per heavy atom. The predicted octanol–water partition coefficient (Wildman–Crippen LogP) is 3.98. The van der Waals surface area contributed by atoms with E-state index in [0.29, 0.717) is 13.2 Å². The van der Waals surface area contributed by atoms with Crippen molar-refractivity contribution in [3.05, 3.63) is 71.8 Å². The fourth-order valence-electron chi connectivity index (χ4n) is 4.64. The van der Waals surface area contributed by atoms with Gasteiger partial charge in [-0.25, -0.2) is 9.59 Å². The molecule has 2 aliphatic heterocycles. The van der Waals surface area contributed by atoms with Gasteiger partial charge in [0.05, 0.1) is 31.4 Å². The molecule has 2 heterocycles. The standard InChI is InChI=1S/C29H38N2O7/c32-25(19-30(17-23-9-3-1-4-10-23)28(33)37-21-26-13-7-15-35-26)20-31(18-24-11-5-2-6-12-24)29(34)38-22-27-14-8-16-36-27/h1-6,9-12,25-27,32H,7-8,13-22H2. The van der Waals surface area contributed by atoms with Gasteiger partial charge >= 0.3 is 12.2 Å². The molecule has 2 fully saturated rings. The maximum atomic E-state index is 13.0. The quantitative estimate of drug-likeness (QED) is 0.447. The molecular formula is C29H38N2O7. The number of ether oxygens (including phenoxy) is 4. The van der Waals surface area contributed by atoms with Gasteiger partial charge in [0, 0.05) is 26.3 Å². The van der Waals surface area contributed by atoms with E-state index in [-0.39, 0.29) is 51.6 Å². The molecule has 0 saturated carbocycles. The largest absolute Gasteiger partial charge is 0.447 e. The first kappa shape index (κ1) is 27.9. The number of hydrogen-bond donors (Lipinski definition) is 1. The molecule has 0 aromatic heterocycles. The highest BCUT2D eigenvalue weighted by atomic mass is 16.6. The Bertz CT molecular complexity index is 899. The maximum absolute atomic E-state index is 13.0. The van der Waals surface area contributed by atoms with Crippen LogP contribution in [0.2, 0.25) is 0 Å². The summed E-state index contributed by atoms with van der Waals surface area (Å²) in [4.78, 5) is 29.0. The highest BCUT2D eigenvalue weighted by Crippen LogP contribution is 2.16. The first-order valence-corrected chi connectivity index (χ1v) is 13.4. The molecule has 2 amide bonds. The minimum atomic E-state index is -1.02. The molecule has 0 bridgehead atoms. The summed E-state index contributed by atoms with van der Waals surface area (Å²) >= 11 is 0. The van der Waals surface area contributed by atoms with Crippen molar-refractivity contribution in [2.45, 2.75) is 57.1 Å². The van der Waals surface area contributed by atoms with Crippen LogP contribution in [0.15, 0.2) is 60.7 Å². The number of rotatable bonds is 12. The normalized spacial score (nSPS) is 19.6. The van der Waals surface area contributed by atoms with Gasteiger partial charge in [-0.05, 0) is 36.8 Å². The van der Waals surface area contributed by atoms with Crippen LogP contribution in [0, 0.1) is 0 Å². The fourth-order valence-corrected chi connectivity index (χ4v) is 4.64. The lowest BCUT2D eigenvalue weighted by Crippen LogP contribution is -2.45. The molecule has 0 radical (unpaired) electrons. The number of aliphatic hydroxyl groups is 1. The van der Waals surface area contributed by atoms with Gasteiger partial charge in [-0.2, -0.15) is 0 Å². The number of hydrogen-bond acceptors (Lipinski definition) is 7. The van der Waals surface area contributed by atoms with E-state index in [9.17, 15) is 14.7 Å². The molecule has 2 unspecified atom stereocenters. The van der Waals surface area contributed by atoms with E-state index in [1.54, 1.807) is 0 Å². The second kappa shape index (κ2) is 14.7. The summed E-state index contributed by atoms with van der Waals surface area (Å²) in [6.07, 6.45) is 1.36. The summed E-state index contributed by atoms with van der Waals surface area (Å²) in [5.74, 6) is 0. The van der Waals surface area contributed by atoms with Crippen molar-refractivity contribution in [2.24, 2.45) is 0 Å². The Hall–Kier alpha value is -3.14. The molecule has 2 aliphatic rings. The summed E-state index contributed by atoms with van der Waals surface area (Å²) in [6.45, 7) is 2.22. The van der Waals surface area contributed by atoms with Crippen molar-refractivity contribution in [3.63, 3.8) is 0 Å². The third-order valence-corrected chi connectivity index (χ3v) is 6.64. The Kier molecular flexibility index (Phi) is 10.8. The van der Waals surface area contributed by atoms with Crippen LogP contribution in [0.4, 0.5) is 9.59 Å². The van der Waals surface area contributed by atoms with Crippen LogP contribution in [-0.2, 0) is 32.0 Å². The number of aliphatic hydroxyl groups excluding tert-OH is 1. The van der Waals surface area contributed by atoms with Gasteiger partial charge in [0.1, 0.15) is 13.2 Å². The summed E-state index contributed by atoms with van der Waals surface area (Å²) in [6, 6.07) is 19.0. The second-order valence-corrected chi connectivity index (χ2v) is 9.81. The van der Waals surface area contributed by atoms with Gasteiger partial charge in [-0.1, -0.05) is 60.7 Å². The van der Waals surface area contributed by atoms with Crippen LogP contribution in [0.25, 0.3) is 0 Å². The minimum Gasteiger partial charge on any atom is -0.447 e. The fraction of sp³-hybridized carbons (Fsp3) is 0.517. The molecule has 38 heavy (non-hydrogen) atoms. The molecule has 2 atom stereocenters. The number of carbonyl (C=O) groups is 2. The second-order valence-electron chi connectivity index (χ2n) is 9.81. The van der Waals surface area contributed by atoms with Crippen molar-refractivity contribution in [1.82, 2.24) is 9.80 Å². The zero-order chi connectivity index (χ0) is 26.6. The molecule has 1 N–H and O–H groups in total. The summed E-state index contributed by atoms with van der Waals surface area (Å²) in [5.41, 5.74) is 1.82. The van der Waals surface area contributed by atoms with Crippen LogP contribution in [0.3, 0.4) is 0 Å². The van der Waals surface area contributed by atoms with Gasteiger partial charge in [-0.15, -0.1) is 0 Å². The molecule has 206 valence electrons. The molecule has 0 aliphatic carbocycles. The van der Waals surface area contributed by atoms with Crippen molar-refractivity contribution >= 4 is 12.2 Å². The van der Waals surface area contributed by atoms with Gasteiger partial charge < -0.3 is 33.9 Å². The zero-order valence-corrected chi connectivity index (χ0v) is 21.8. The Morgan fingerprint density at radius 3 is 1.55 bits per heavy atom. The molecule has 2 aromatic carbocycles. The van der Waals surface area contributed by atoms with E-state index in [0.717, 1.165) is 36.8 Å². The predicted molar refractivity (Wildman–Crippen MR) is 140 cm³/mol. The van der Waals surface area contributed by atoms with Crippen LogP contribution in [0.1, 0.15) is 36.8 Å². The number of carbonyl (C=O) groups excluding carboxylic acids is 2. The van der Waals surface area contributed by atoms with Gasteiger partial charge in [0.2, 0.25) is 0 Å². The van der Waals surface area contributed by atoms with Crippen LogP contribution in [-0.4, -0.2) is 84.9 Å². The minimum absolute atomic E-state index is 0.0104. The first-order chi connectivity index (χ1) is 18.6. The third-order valence-electron chi connectivity index (χ3n) is 6.64. The highest BCUT2D eigenvalue weighted by molar-refractivity contribution is 5.68. The molecule has 9 heteroatoms. The Labute approximate surface area is 224 Å². The Balaban J connectivity index is 1.39. The Morgan fingerprint density at radius 2 is 1.18 bits per heavy atom. The lowest BCUT2D eigenvalue weighted by molar-refractivity contribution is 0.0103. The van der Waals surface area contributed by atoms with E-state index < -0.39 is 18.3 Å². The van der Waals surface area contributed by atoms with Crippen molar-refractivity contribution in [1.29, 1.82) is 0 Å². The van der Waals surface area contributed by atoms with Crippen molar-refractivity contribution in [3.8, 4) is 0 Å². The van der Waals surface area contributed by atoms with E-state index >= 15 is 0 Å². The molecule has 4 rings (SSSR count). The van der Waals surface area contributed by atoms with Crippen LogP contribution in [0.5, 0.6) is 0 Å². The van der Waals surface area contributed by atoms with E-state index in [4.69, 9.17) is 18.9 Å². The summed E-state index contributed by atoms with van der Waals surface area (Å²) in [5, 5.41) is 11.1. The average molecular weight is 527 g/mol. The maximum Gasteiger partial charge on any atom is 0.410 e. The van der Waals surface area contributed by atoms with E-state index in [2.05, 4.69) is 0 Å². The van der Waals surface area contributed by atoms with E-state index in [1.165, 1.54) is 9.80 Å². The summed E-state index contributed by atoms with van der Waals surface area (Å²) in [7, 11) is 0. The number of nitrogens with zero attached hydrogens (tertiary/aromatic N) is 2. The topological polar surface area (TPSA) is 97.8 Å². The number of amides is 2. The number of benzene rings is 2. The lowest BCUT2D eigenvalue weighted by atomic mass is 10.2. The highest BCUT2D eigenvalue weighted by Gasteiger charge is 2.27. The van der Waals surface area contributed by atoms with Crippen LogP contribution < -0.4 is 0 Å². The first-order valence-electron chi connectivity index (χ1n) is 13.4. The molecule has 9 nitrogen and oxygen atoms in total. The lowest BCUT2D eigenvalue weighted by Gasteiger charge is -2.29. The molecule has 2 saturated heterocycles. The third kappa shape index (κ3) is 9.01. The monoisotopic (exact) mass is 526 g/mol. The SMILES string of the molecule is O=C(OCC1CCCO1)N(Cc1ccccc1)CC(O)CN(Cc1ccccc1)C(=O)OCC1CCCO1. The summed E-state index contributed by atoms with van der Waals surface area (Å²) < 4.78 is 22.2. The molecule has 0 spiro atoms. The molecule has 2 aromatic rings.